The van der Waals surface area contributed by atoms with Crippen molar-refractivity contribution in [1.82, 2.24) is 10.2 Å². The lowest BCUT2D eigenvalue weighted by Gasteiger charge is -2.32. The molecule has 3 aromatic carbocycles. The molecular weight excluding hydrogens is 591 g/mol. The number of carbonyl (C=O) groups is 2. The SMILES string of the molecule is CCNC(=O)[C@H](Cc1ccccc1)N(Cc1ccc(Cl)cc1)C(=O)CCCN(c1cccc(C(F)(F)F)c1)S(C)(=O)=O. The number of hydrogen-bond donors (Lipinski definition) is 1. The van der Waals surface area contributed by atoms with Crippen LogP contribution in [0.2, 0.25) is 5.02 Å². The molecule has 0 saturated heterocycles. The highest BCUT2D eigenvalue weighted by molar-refractivity contribution is 7.92. The summed E-state index contributed by atoms with van der Waals surface area (Å²) in [5.74, 6) is -0.750. The number of likely N-dealkylation sites (N-methyl/N-ethyl adjacent to an activating group) is 1. The molecule has 12 heteroatoms. The maximum atomic E-state index is 13.7. The van der Waals surface area contributed by atoms with Crippen LogP contribution in [-0.4, -0.2) is 50.5 Å². The highest BCUT2D eigenvalue weighted by Crippen LogP contribution is 2.32. The lowest BCUT2D eigenvalue weighted by molar-refractivity contribution is -0.141. The van der Waals surface area contributed by atoms with Crippen molar-refractivity contribution >= 4 is 39.1 Å². The monoisotopic (exact) mass is 623 g/mol. The second-order valence-corrected chi connectivity index (χ2v) is 12.1. The number of benzene rings is 3. The van der Waals surface area contributed by atoms with Gasteiger partial charge in [-0.3, -0.25) is 13.9 Å². The third-order valence-electron chi connectivity index (χ3n) is 6.50. The molecule has 226 valence electrons. The minimum atomic E-state index is -4.65. The molecular formula is C30H33ClF3N3O4S. The molecule has 0 radical (unpaired) electrons. The van der Waals surface area contributed by atoms with Crippen molar-refractivity contribution in [2.75, 3.05) is 23.7 Å². The lowest BCUT2D eigenvalue weighted by Crippen LogP contribution is -2.50. The average molecular weight is 624 g/mol. The van der Waals surface area contributed by atoms with E-state index in [-0.39, 0.29) is 43.9 Å². The number of carbonyl (C=O) groups excluding carboxylic acids is 2. The first-order valence-corrected chi connectivity index (χ1v) is 15.5. The quantitative estimate of drug-likeness (QED) is 0.265. The number of rotatable bonds is 13. The Balaban J connectivity index is 1.87. The van der Waals surface area contributed by atoms with Gasteiger partial charge in [-0.25, -0.2) is 8.42 Å². The zero-order valence-corrected chi connectivity index (χ0v) is 24.8. The van der Waals surface area contributed by atoms with Crippen molar-refractivity contribution < 1.29 is 31.2 Å². The van der Waals surface area contributed by atoms with Crippen LogP contribution < -0.4 is 9.62 Å². The number of hydrogen-bond acceptors (Lipinski definition) is 4. The standard InChI is InChI=1S/C30H33ClF3N3O4S/c1-3-35-29(39)27(19-22-9-5-4-6-10-22)36(21-23-14-16-25(31)17-15-23)28(38)13-8-18-37(42(2,40)41)26-12-7-11-24(20-26)30(32,33)34/h4-7,9-12,14-17,20,27H,3,8,13,18-19,21H2,1-2H3,(H,35,39)/t27-/m0/s1. The molecule has 0 aliphatic rings. The van der Waals surface area contributed by atoms with Crippen LogP contribution in [0.15, 0.2) is 78.9 Å². The highest BCUT2D eigenvalue weighted by Gasteiger charge is 2.32. The van der Waals surface area contributed by atoms with Crippen LogP contribution in [0.1, 0.15) is 36.5 Å². The first kappa shape index (κ1) is 32.9. The third kappa shape index (κ3) is 9.49. The molecule has 0 saturated carbocycles. The van der Waals surface area contributed by atoms with E-state index in [0.29, 0.717) is 11.6 Å². The molecule has 0 aromatic heterocycles. The molecule has 0 aliphatic carbocycles. The summed E-state index contributed by atoms with van der Waals surface area (Å²) in [5.41, 5.74) is 0.443. The Morgan fingerprint density at radius 2 is 1.62 bits per heavy atom. The van der Waals surface area contributed by atoms with Crippen LogP contribution in [-0.2, 0) is 38.8 Å². The zero-order valence-electron chi connectivity index (χ0n) is 23.3. The van der Waals surface area contributed by atoms with Crippen molar-refractivity contribution in [2.45, 2.75) is 44.9 Å². The van der Waals surface area contributed by atoms with Crippen LogP contribution in [0.25, 0.3) is 0 Å². The second kappa shape index (κ2) is 14.6. The Bertz CT molecular complexity index is 1450. The minimum absolute atomic E-state index is 0.00667. The number of nitrogens with one attached hydrogen (secondary N) is 1. The van der Waals surface area contributed by atoms with E-state index >= 15 is 0 Å². The molecule has 0 heterocycles. The van der Waals surface area contributed by atoms with E-state index < -0.39 is 33.7 Å². The molecule has 0 fully saturated rings. The summed E-state index contributed by atoms with van der Waals surface area (Å²) in [7, 11) is -3.96. The summed E-state index contributed by atoms with van der Waals surface area (Å²) in [6.45, 7) is 1.99. The summed E-state index contributed by atoms with van der Waals surface area (Å²) in [6.07, 6.45) is -3.65. The molecule has 0 aliphatic heterocycles. The van der Waals surface area contributed by atoms with Crippen molar-refractivity contribution in [3.05, 3.63) is 101 Å². The van der Waals surface area contributed by atoms with Gasteiger partial charge in [-0.1, -0.05) is 60.1 Å². The predicted octanol–water partition coefficient (Wildman–Crippen LogP) is 5.68. The Morgan fingerprint density at radius 1 is 0.952 bits per heavy atom. The van der Waals surface area contributed by atoms with Crippen molar-refractivity contribution in [3.8, 4) is 0 Å². The van der Waals surface area contributed by atoms with E-state index in [2.05, 4.69) is 5.32 Å². The Morgan fingerprint density at radius 3 is 2.21 bits per heavy atom. The van der Waals surface area contributed by atoms with E-state index in [1.54, 1.807) is 31.2 Å². The lowest BCUT2D eigenvalue weighted by atomic mass is 10.0. The van der Waals surface area contributed by atoms with Crippen LogP contribution in [0.5, 0.6) is 0 Å². The van der Waals surface area contributed by atoms with Crippen molar-refractivity contribution in [1.29, 1.82) is 0 Å². The number of nitrogens with zero attached hydrogens (tertiary/aromatic N) is 2. The number of sulfonamides is 1. The fourth-order valence-electron chi connectivity index (χ4n) is 4.47. The second-order valence-electron chi connectivity index (χ2n) is 9.73. The average Bonchev–Trinajstić information content (AvgIpc) is 2.93. The van der Waals surface area contributed by atoms with Gasteiger partial charge in [0.15, 0.2) is 0 Å². The maximum absolute atomic E-state index is 13.7. The molecule has 1 N–H and O–H groups in total. The third-order valence-corrected chi connectivity index (χ3v) is 7.95. The van der Waals surface area contributed by atoms with Gasteiger partial charge in [0.1, 0.15) is 6.04 Å². The molecule has 0 spiro atoms. The van der Waals surface area contributed by atoms with E-state index in [1.165, 1.54) is 11.0 Å². The van der Waals surface area contributed by atoms with E-state index in [4.69, 9.17) is 11.6 Å². The fraction of sp³-hybridized carbons (Fsp3) is 0.333. The first-order chi connectivity index (χ1) is 19.8. The first-order valence-electron chi connectivity index (χ1n) is 13.3. The largest absolute Gasteiger partial charge is 0.416 e. The summed E-state index contributed by atoms with van der Waals surface area (Å²) < 4.78 is 65.7. The van der Waals surface area contributed by atoms with Crippen molar-refractivity contribution in [3.63, 3.8) is 0 Å². The van der Waals surface area contributed by atoms with Gasteiger partial charge in [0.05, 0.1) is 17.5 Å². The van der Waals surface area contributed by atoms with Gasteiger partial charge in [0.25, 0.3) is 0 Å². The minimum Gasteiger partial charge on any atom is -0.355 e. The molecule has 0 unspecified atom stereocenters. The van der Waals surface area contributed by atoms with E-state index in [1.807, 2.05) is 30.3 Å². The predicted molar refractivity (Wildman–Crippen MR) is 157 cm³/mol. The molecule has 3 rings (SSSR count). The van der Waals surface area contributed by atoms with Crippen LogP contribution in [0.4, 0.5) is 18.9 Å². The van der Waals surface area contributed by atoms with E-state index in [0.717, 1.165) is 39.9 Å². The van der Waals surface area contributed by atoms with Crippen LogP contribution in [0, 0.1) is 0 Å². The molecule has 7 nitrogen and oxygen atoms in total. The van der Waals surface area contributed by atoms with Crippen molar-refractivity contribution in [2.24, 2.45) is 0 Å². The van der Waals surface area contributed by atoms with E-state index in [9.17, 15) is 31.2 Å². The normalized spacial score (nSPS) is 12.4. The summed E-state index contributed by atoms with van der Waals surface area (Å²) >= 11 is 6.03. The molecule has 42 heavy (non-hydrogen) atoms. The molecule has 1 atom stereocenters. The van der Waals surface area contributed by atoms with Gasteiger partial charge >= 0.3 is 6.18 Å². The van der Waals surface area contributed by atoms with Gasteiger partial charge in [-0.2, -0.15) is 13.2 Å². The Hall–Kier alpha value is -3.57. The number of alkyl halides is 3. The smallest absolute Gasteiger partial charge is 0.355 e. The number of halogens is 4. The molecule has 2 amide bonds. The number of anilines is 1. The molecule has 3 aromatic rings. The van der Waals surface area contributed by atoms with Gasteiger partial charge in [0, 0.05) is 37.5 Å². The highest BCUT2D eigenvalue weighted by atomic mass is 35.5. The topological polar surface area (TPSA) is 86.8 Å². The van der Waals surface area contributed by atoms with Crippen LogP contribution >= 0.6 is 11.6 Å². The summed E-state index contributed by atoms with van der Waals surface area (Å²) in [5, 5.41) is 3.31. The zero-order chi connectivity index (χ0) is 30.9. The fourth-order valence-corrected chi connectivity index (χ4v) is 5.56. The molecule has 0 bridgehead atoms. The van der Waals surface area contributed by atoms with Gasteiger partial charge < -0.3 is 10.2 Å². The summed E-state index contributed by atoms with van der Waals surface area (Å²) in [4.78, 5) is 28.4. The number of amides is 2. The van der Waals surface area contributed by atoms with Crippen LogP contribution in [0.3, 0.4) is 0 Å². The maximum Gasteiger partial charge on any atom is 0.416 e. The Kier molecular flexibility index (Phi) is 11.4. The van der Waals surface area contributed by atoms with Gasteiger partial charge in [-0.05, 0) is 54.8 Å². The van der Waals surface area contributed by atoms with Gasteiger partial charge in [0.2, 0.25) is 21.8 Å². The summed E-state index contributed by atoms with van der Waals surface area (Å²) in [6, 6.07) is 19.2. The Labute approximate surface area is 249 Å². The van der Waals surface area contributed by atoms with Gasteiger partial charge in [-0.15, -0.1) is 0 Å².